The molecule has 2 rings (SSSR count). The van der Waals surface area contributed by atoms with Gasteiger partial charge in [0.15, 0.2) is 0 Å². The van der Waals surface area contributed by atoms with Crippen molar-refractivity contribution < 1.29 is 4.74 Å². The summed E-state index contributed by atoms with van der Waals surface area (Å²) in [6, 6.07) is 9.32. The summed E-state index contributed by atoms with van der Waals surface area (Å²) < 4.78 is 7.39. The molecule has 0 aliphatic carbocycles. The van der Waals surface area contributed by atoms with Crippen molar-refractivity contribution in [1.82, 2.24) is 9.78 Å². The van der Waals surface area contributed by atoms with Crippen molar-refractivity contribution in [2.24, 2.45) is 0 Å². The molecule has 0 fully saturated rings. The van der Waals surface area contributed by atoms with Crippen LogP contribution < -0.4 is 4.74 Å². The topological polar surface area (TPSA) is 50.8 Å². The number of aromatic nitrogens is 2. The number of aryl methyl sites for hydroxylation is 2. The maximum atomic E-state index is 8.93. The minimum Gasteiger partial charge on any atom is -0.492 e. The summed E-state index contributed by atoms with van der Waals surface area (Å²) in [5.41, 5.74) is 1.39. The normalized spacial score (nSPS) is 10.2. The first-order valence-electron chi connectivity index (χ1n) is 6.02. The summed E-state index contributed by atoms with van der Waals surface area (Å²) in [5.74, 6) is 0.625. The quantitative estimate of drug-likeness (QED) is 0.788. The van der Waals surface area contributed by atoms with Gasteiger partial charge in [-0.15, -0.1) is 0 Å². The van der Waals surface area contributed by atoms with E-state index < -0.39 is 0 Å². The van der Waals surface area contributed by atoms with Gasteiger partial charge in [-0.2, -0.15) is 10.4 Å². The summed E-state index contributed by atoms with van der Waals surface area (Å²) in [5, 5.41) is 13.9. The minimum atomic E-state index is 0.537. The maximum absolute atomic E-state index is 8.93. The van der Waals surface area contributed by atoms with Crippen LogP contribution in [0, 0.1) is 18.3 Å². The molecule has 0 aliphatic rings. The van der Waals surface area contributed by atoms with Crippen molar-refractivity contribution in [3.63, 3.8) is 0 Å². The van der Waals surface area contributed by atoms with E-state index in [1.807, 2.05) is 19.1 Å². The van der Waals surface area contributed by atoms with E-state index in [0.29, 0.717) is 22.9 Å². The van der Waals surface area contributed by atoms with E-state index in [4.69, 9.17) is 21.6 Å². The number of nitrogens with zero attached hydrogens (tertiary/aromatic N) is 3. The minimum absolute atomic E-state index is 0.537. The van der Waals surface area contributed by atoms with Gasteiger partial charge in [0.05, 0.1) is 22.9 Å². The van der Waals surface area contributed by atoms with Crippen molar-refractivity contribution in [2.75, 3.05) is 6.61 Å². The van der Waals surface area contributed by atoms with Gasteiger partial charge < -0.3 is 4.74 Å². The van der Waals surface area contributed by atoms with Gasteiger partial charge >= 0.3 is 0 Å². The Morgan fingerprint density at radius 1 is 1.42 bits per heavy atom. The van der Waals surface area contributed by atoms with Gasteiger partial charge in [-0.05, 0) is 19.1 Å². The molecule has 0 unspecified atom stereocenters. The SMILES string of the molecule is Cc1nn(CCCOc2ccccc2C#N)cc1Cl. The van der Waals surface area contributed by atoms with E-state index in [1.54, 1.807) is 23.0 Å². The highest BCUT2D eigenvalue weighted by Gasteiger charge is 2.03. The highest BCUT2D eigenvalue weighted by Crippen LogP contribution is 2.17. The van der Waals surface area contributed by atoms with Crippen molar-refractivity contribution in [1.29, 1.82) is 5.26 Å². The van der Waals surface area contributed by atoms with Crippen LogP contribution in [0.4, 0.5) is 0 Å². The number of hydrogen-bond donors (Lipinski definition) is 0. The molecule has 1 heterocycles. The largest absolute Gasteiger partial charge is 0.492 e. The Labute approximate surface area is 117 Å². The average Bonchev–Trinajstić information content (AvgIpc) is 2.74. The molecule has 0 saturated carbocycles. The predicted octanol–water partition coefficient (Wildman–Crippen LogP) is 3.19. The molecule has 0 radical (unpaired) electrons. The van der Waals surface area contributed by atoms with Crippen molar-refractivity contribution in [3.8, 4) is 11.8 Å². The Hall–Kier alpha value is -1.99. The first-order chi connectivity index (χ1) is 9.20. The van der Waals surface area contributed by atoms with Crippen LogP contribution in [-0.4, -0.2) is 16.4 Å². The molecule has 0 aliphatic heterocycles. The lowest BCUT2D eigenvalue weighted by Crippen LogP contribution is -2.05. The third-order valence-corrected chi connectivity index (χ3v) is 3.05. The van der Waals surface area contributed by atoms with E-state index >= 15 is 0 Å². The van der Waals surface area contributed by atoms with Crippen LogP contribution in [0.5, 0.6) is 5.75 Å². The molecule has 1 aromatic heterocycles. The molecule has 19 heavy (non-hydrogen) atoms. The van der Waals surface area contributed by atoms with Crippen LogP contribution in [-0.2, 0) is 6.54 Å². The molecule has 98 valence electrons. The first-order valence-corrected chi connectivity index (χ1v) is 6.40. The monoisotopic (exact) mass is 275 g/mol. The zero-order valence-corrected chi connectivity index (χ0v) is 11.4. The van der Waals surface area contributed by atoms with E-state index in [0.717, 1.165) is 18.7 Å². The number of ether oxygens (including phenoxy) is 1. The smallest absolute Gasteiger partial charge is 0.137 e. The van der Waals surface area contributed by atoms with E-state index in [-0.39, 0.29) is 0 Å². The fourth-order valence-corrected chi connectivity index (χ4v) is 1.85. The molecular formula is C14H14ClN3O. The number of hydrogen-bond acceptors (Lipinski definition) is 3. The van der Waals surface area contributed by atoms with Gasteiger partial charge in [0, 0.05) is 19.2 Å². The number of rotatable bonds is 5. The summed E-state index contributed by atoms with van der Waals surface area (Å²) in [4.78, 5) is 0. The Bertz CT molecular complexity index is 581. The third kappa shape index (κ3) is 3.49. The molecule has 0 bridgehead atoms. The van der Waals surface area contributed by atoms with E-state index in [2.05, 4.69) is 11.2 Å². The molecule has 0 N–H and O–H groups in total. The fourth-order valence-electron chi connectivity index (χ4n) is 1.70. The number of nitriles is 1. The highest BCUT2D eigenvalue weighted by molar-refractivity contribution is 6.31. The molecule has 0 atom stereocenters. The van der Waals surface area contributed by atoms with Crippen LogP contribution in [0.2, 0.25) is 5.02 Å². The van der Waals surface area contributed by atoms with Crippen LogP contribution in [0.1, 0.15) is 17.7 Å². The second kappa shape index (κ2) is 6.26. The predicted molar refractivity (Wildman–Crippen MR) is 73.2 cm³/mol. The Kier molecular flexibility index (Phi) is 4.43. The zero-order chi connectivity index (χ0) is 13.7. The number of para-hydroxylation sites is 1. The second-order valence-corrected chi connectivity index (χ2v) is 4.54. The van der Waals surface area contributed by atoms with Crippen LogP contribution in [0.3, 0.4) is 0 Å². The van der Waals surface area contributed by atoms with Crippen molar-refractivity contribution >= 4 is 11.6 Å². The van der Waals surface area contributed by atoms with E-state index in [9.17, 15) is 0 Å². The fraction of sp³-hybridized carbons (Fsp3) is 0.286. The summed E-state index contributed by atoms with van der Waals surface area (Å²) in [6.45, 7) is 3.15. The summed E-state index contributed by atoms with van der Waals surface area (Å²) in [6.07, 6.45) is 2.61. The lowest BCUT2D eigenvalue weighted by atomic mass is 10.2. The molecule has 0 amide bonds. The first kappa shape index (κ1) is 13.4. The van der Waals surface area contributed by atoms with Gasteiger partial charge in [0.25, 0.3) is 0 Å². The lowest BCUT2D eigenvalue weighted by molar-refractivity contribution is 0.298. The van der Waals surface area contributed by atoms with E-state index in [1.165, 1.54) is 0 Å². The zero-order valence-electron chi connectivity index (χ0n) is 10.6. The Morgan fingerprint density at radius 2 is 2.21 bits per heavy atom. The second-order valence-electron chi connectivity index (χ2n) is 4.14. The molecule has 1 aromatic carbocycles. The maximum Gasteiger partial charge on any atom is 0.137 e. The van der Waals surface area contributed by atoms with Gasteiger partial charge in [-0.3, -0.25) is 4.68 Å². The van der Waals surface area contributed by atoms with Gasteiger partial charge in [-0.1, -0.05) is 23.7 Å². The third-order valence-electron chi connectivity index (χ3n) is 2.68. The van der Waals surface area contributed by atoms with Crippen molar-refractivity contribution in [2.45, 2.75) is 19.9 Å². The Balaban J connectivity index is 1.82. The number of halogens is 1. The molecule has 4 nitrogen and oxygen atoms in total. The van der Waals surface area contributed by atoms with Crippen molar-refractivity contribution in [3.05, 3.63) is 46.7 Å². The van der Waals surface area contributed by atoms with Gasteiger partial charge in [-0.25, -0.2) is 0 Å². The summed E-state index contributed by atoms with van der Waals surface area (Å²) in [7, 11) is 0. The van der Waals surface area contributed by atoms with Gasteiger partial charge in [0.1, 0.15) is 11.8 Å². The van der Waals surface area contributed by atoms with Crippen LogP contribution >= 0.6 is 11.6 Å². The summed E-state index contributed by atoms with van der Waals surface area (Å²) >= 11 is 5.93. The lowest BCUT2D eigenvalue weighted by Gasteiger charge is -2.07. The molecule has 5 heteroatoms. The molecule has 0 saturated heterocycles. The van der Waals surface area contributed by atoms with Gasteiger partial charge in [0.2, 0.25) is 0 Å². The molecular weight excluding hydrogens is 262 g/mol. The molecule has 0 spiro atoms. The molecule has 2 aromatic rings. The van der Waals surface area contributed by atoms with Crippen LogP contribution in [0.25, 0.3) is 0 Å². The average molecular weight is 276 g/mol. The number of benzene rings is 1. The Morgan fingerprint density at radius 3 is 2.89 bits per heavy atom. The standard InChI is InChI=1S/C14H14ClN3O/c1-11-13(15)10-18(17-11)7-4-8-19-14-6-3-2-5-12(14)9-16/h2-3,5-6,10H,4,7-8H2,1H3. The highest BCUT2D eigenvalue weighted by atomic mass is 35.5. The van der Waals surface area contributed by atoms with Crippen LogP contribution in [0.15, 0.2) is 30.5 Å².